The zero-order valence-electron chi connectivity index (χ0n) is 23.3. The van der Waals surface area contributed by atoms with Crippen LogP contribution in [0.5, 0.6) is 5.88 Å². The Balaban J connectivity index is 1.25. The van der Waals surface area contributed by atoms with Crippen molar-refractivity contribution in [2.24, 2.45) is 5.41 Å². The molecule has 0 aliphatic carbocycles. The van der Waals surface area contributed by atoms with Crippen molar-refractivity contribution in [3.63, 3.8) is 0 Å². The Morgan fingerprint density at radius 3 is 2.50 bits per heavy atom. The van der Waals surface area contributed by atoms with Gasteiger partial charge in [-0.25, -0.2) is 23.5 Å². The molecule has 9 nitrogen and oxygen atoms in total. The van der Waals surface area contributed by atoms with Crippen LogP contribution in [0.25, 0.3) is 22.3 Å². The first-order valence-electron chi connectivity index (χ1n) is 13.8. The van der Waals surface area contributed by atoms with E-state index >= 15 is 4.39 Å². The van der Waals surface area contributed by atoms with Crippen LogP contribution in [0.2, 0.25) is 0 Å². The number of aromatic nitrogens is 3. The van der Waals surface area contributed by atoms with Gasteiger partial charge in [0.25, 0.3) is 0 Å². The minimum absolute atomic E-state index is 0.0973. The monoisotopic (exact) mass is 596 g/mol. The first-order chi connectivity index (χ1) is 21.3. The van der Waals surface area contributed by atoms with Gasteiger partial charge in [-0.05, 0) is 48.0 Å². The number of hydrogen-bond donors (Lipinski definition) is 2. The fourth-order valence-corrected chi connectivity index (χ4v) is 5.14. The number of aliphatic hydroxyl groups is 1. The number of benzene rings is 3. The van der Waals surface area contributed by atoms with Crippen molar-refractivity contribution < 1.29 is 33.3 Å². The summed E-state index contributed by atoms with van der Waals surface area (Å²) in [6, 6.07) is 20.4. The number of nitriles is 1. The molecule has 1 aliphatic rings. The predicted molar refractivity (Wildman–Crippen MR) is 155 cm³/mol. The highest BCUT2D eigenvalue weighted by Crippen LogP contribution is 2.33. The van der Waals surface area contributed by atoms with Crippen LogP contribution >= 0.6 is 0 Å². The van der Waals surface area contributed by atoms with Crippen molar-refractivity contribution >= 4 is 17.0 Å². The number of rotatable bonds is 10. The van der Waals surface area contributed by atoms with Crippen LogP contribution < -0.4 is 4.74 Å². The normalized spacial score (nSPS) is 13.8. The lowest BCUT2D eigenvalue weighted by atomic mass is 9.86. The number of ether oxygens (including phenoxy) is 2. The quantitative estimate of drug-likeness (QED) is 0.227. The van der Waals surface area contributed by atoms with Crippen LogP contribution in [0.1, 0.15) is 32.9 Å². The second-order valence-electron chi connectivity index (χ2n) is 10.8. The Hall–Kier alpha value is -5.18. The zero-order chi connectivity index (χ0) is 30.8. The molecule has 3 aromatic carbocycles. The lowest BCUT2D eigenvalue weighted by Crippen LogP contribution is -2.48. The Bertz CT molecular complexity index is 1920. The number of fused-ring (bicyclic) bond motifs is 1. The number of aromatic carboxylic acids is 1. The van der Waals surface area contributed by atoms with Gasteiger partial charge in [0.15, 0.2) is 0 Å². The van der Waals surface area contributed by atoms with Crippen molar-refractivity contribution in [1.82, 2.24) is 14.5 Å². The maximum Gasteiger partial charge on any atom is 0.335 e. The van der Waals surface area contributed by atoms with E-state index in [1.54, 1.807) is 36.4 Å². The summed E-state index contributed by atoms with van der Waals surface area (Å²) in [5.41, 5.74) is 2.53. The van der Waals surface area contributed by atoms with E-state index < -0.39 is 23.0 Å². The van der Waals surface area contributed by atoms with E-state index in [1.807, 2.05) is 10.6 Å². The highest BCUT2D eigenvalue weighted by atomic mass is 19.1. The fraction of sp³-hybridized carbons (Fsp3) is 0.212. The Morgan fingerprint density at radius 1 is 1.02 bits per heavy atom. The number of carboxylic acid groups (broad SMARTS) is 1. The number of carboxylic acids is 1. The van der Waals surface area contributed by atoms with Gasteiger partial charge in [-0.3, -0.25) is 0 Å². The van der Waals surface area contributed by atoms with Gasteiger partial charge in [-0.2, -0.15) is 5.26 Å². The molecule has 0 saturated carbocycles. The summed E-state index contributed by atoms with van der Waals surface area (Å²) >= 11 is 0. The average molecular weight is 597 g/mol. The second kappa shape index (κ2) is 11.8. The molecular weight excluding hydrogens is 570 g/mol. The van der Waals surface area contributed by atoms with Crippen molar-refractivity contribution in [3.8, 4) is 23.2 Å². The van der Waals surface area contributed by atoms with Crippen LogP contribution in [0, 0.1) is 28.4 Å². The van der Waals surface area contributed by atoms with E-state index in [9.17, 15) is 19.4 Å². The Labute approximate surface area is 250 Å². The van der Waals surface area contributed by atoms with Crippen LogP contribution in [0.3, 0.4) is 0 Å². The van der Waals surface area contributed by atoms with E-state index in [-0.39, 0.29) is 42.2 Å². The SMILES string of the molecule is N#Cc1ccc(COc2cccc(-c3ccc(Cc4nc5ccc(C(=O)O)cc5n4CC4(CO)COC4)c(F)c3)n2)c(F)c1. The van der Waals surface area contributed by atoms with Gasteiger partial charge >= 0.3 is 5.97 Å². The third kappa shape index (κ3) is 5.73. The maximum atomic E-state index is 15.5. The smallest absolute Gasteiger partial charge is 0.335 e. The van der Waals surface area contributed by atoms with Crippen molar-refractivity contribution in [1.29, 1.82) is 5.26 Å². The highest BCUT2D eigenvalue weighted by molar-refractivity contribution is 5.92. The molecule has 2 N–H and O–H groups in total. The summed E-state index contributed by atoms with van der Waals surface area (Å²) in [6.45, 7) is 0.818. The second-order valence-corrected chi connectivity index (χ2v) is 10.8. The molecule has 0 bridgehead atoms. The number of hydrogen-bond acceptors (Lipinski definition) is 7. The first-order valence-corrected chi connectivity index (χ1v) is 13.8. The van der Waals surface area contributed by atoms with Crippen molar-refractivity contribution in [2.45, 2.75) is 19.6 Å². The molecule has 222 valence electrons. The molecule has 11 heteroatoms. The molecule has 0 amide bonds. The largest absolute Gasteiger partial charge is 0.478 e. The number of halogens is 2. The summed E-state index contributed by atoms with van der Waals surface area (Å²) in [4.78, 5) is 20.8. The molecule has 5 aromatic rings. The summed E-state index contributed by atoms with van der Waals surface area (Å²) in [7, 11) is 0. The molecule has 1 aliphatic heterocycles. The number of imidazole rings is 1. The number of aliphatic hydroxyl groups excluding tert-OH is 1. The third-order valence-corrected chi connectivity index (χ3v) is 7.70. The lowest BCUT2D eigenvalue weighted by Gasteiger charge is -2.40. The standard InChI is InChI=1S/C33H26F2N4O5/c34-25-10-20(14-36)4-5-24(25)15-44-31-3-1-2-27(38-31)22-7-6-21(26(35)11-22)13-30-37-28-9-8-23(32(41)42)12-29(28)39(30)16-33(17-40)18-43-19-33/h1-12,40H,13,15-19H2,(H,41,42). The third-order valence-electron chi connectivity index (χ3n) is 7.70. The molecule has 0 radical (unpaired) electrons. The minimum atomic E-state index is -1.07. The van der Waals surface area contributed by atoms with Crippen molar-refractivity contribution in [3.05, 3.63) is 113 Å². The molecule has 0 atom stereocenters. The molecule has 0 unspecified atom stereocenters. The van der Waals surface area contributed by atoms with Gasteiger partial charge in [0.2, 0.25) is 5.88 Å². The number of nitrogens with zero attached hydrogens (tertiary/aromatic N) is 4. The van der Waals surface area contributed by atoms with Gasteiger partial charge in [0.05, 0.1) is 59.2 Å². The lowest BCUT2D eigenvalue weighted by molar-refractivity contribution is -0.144. The summed E-state index contributed by atoms with van der Waals surface area (Å²) in [6.07, 6.45) is 0.123. The van der Waals surface area contributed by atoms with Crippen LogP contribution in [-0.2, 0) is 24.3 Å². The molecule has 2 aromatic heterocycles. The Kier molecular flexibility index (Phi) is 7.78. The van der Waals surface area contributed by atoms with Gasteiger partial charge in [0, 0.05) is 30.2 Å². The molecule has 1 saturated heterocycles. The van der Waals surface area contributed by atoms with Crippen LogP contribution in [0.15, 0.2) is 72.8 Å². The van der Waals surface area contributed by atoms with Gasteiger partial charge < -0.3 is 24.3 Å². The maximum absolute atomic E-state index is 15.5. The number of carbonyl (C=O) groups is 1. The van der Waals surface area contributed by atoms with E-state index in [1.165, 1.54) is 30.3 Å². The topological polar surface area (TPSA) is 130 Å². The molecule has 6 rings (SSSR count). The van der Waals surface area contributed by atoms with Crippen LogP contribution in [-0.4, -0.2) is 50.5 Å². The average Bonchev–Trinajstić information content (AvgIpc) is 3.34. The van der Waals surface area contributed by atoms with Gasteiger partial charge in [-0.15, -0.1) is 0 Å². The zero-order valence-corrected chi connectivity index (χ0v) is 23.3. The molecule has 44 heavy (non-hydrogen) atoms. The van der Waals surface area contributed by atoms with Gasteiger partial charge in [0.1, 0.15) is 24.1 Å². The number of pyridine rings is 1. The van der Waals surface area contributed by atoms with Crippen molar-refractivity contribution in [2.75, 3.05) is 19.8 Å². The van der Waals surface area contributed by atoms with Gasteiger partial charge in [-0.1, -0.05) is 24.3 Å². The van der Waals surface area contributed by atoms with E-state index in [0.29, 0.717) is 53.4 Å². The molecule has 0 spiro atoms. The summed E-state index contributed by atoms with van der Waals surface area (Å²) < 4.78 is 42.6. The first kappa shape index (κ1) is 28.9. The fourth-order valence-electron chi connectivity index (χ4n) is 5.14. The molecule has 1 fully saturated rings. The minimum Gasteiger partial charge on any atom is -0.478 e. The summed E-state index contributed by atoms with van der Waals surface area (Å²) in [5.74, 6) is -1.36. The van der Waals surface area contributed by atoms with E-state index in [0.717, 1.165) is 6.07 Å². The molecular formula is C33H26F2N4O5. The van der Waals surface area contributed by atoms with Crippen LogP contribution in [0.4, 0.5) is 8.78 Å². The van der Waals surface area contributed by atoms with E-state index in [2.05, 4.69) is 9.97 Å². The Morgan fingerprint density at radius 2 is 1.82 bits per heavy atom. The molecule has 3 heterocycles. The van der Waals surface area contributed by atoms with E-state index in [4.69, 9.17) is 14.7 Å². The summed E-state index contributed by atoms with van der Waals surface area (Å²) in [5, 5.41) is 28.5. The highest BCUT2D eigenvalue weighted by Gasteiger charge is 2.39. The predicted octanol–water partition coefficient (Wildman–Crippen LogP) is 5.13.